The molecule has 40 heavy (non-hydrogen) atoms. The van der Waals surface area contributed by atoms with E-state index in [4.69, 9.17) is 4.74 Å². The van der Waals surface area contributed by atoms with E-state index in [1.54, 1.807) is 24.3 Å². The third kappa shape index (κ3) is 6.05. The Hall–Kier alpha value is -4.50. The predicted molar refractivity (Wildman–Crippen MR) is 154 cm³/mol. The highest BCUT2D eigenvalue weighted by Gasteiger charge is 2.21. The van der Waals surface area contributed by atoms with Crippen LogP contribution in [0.5, 0.6) is 11.5 Å². The zero-order valence-corrected chi connectivity index (χ0v) is 22.8. The first-order valence-electron chi connectivity index (χ1n) is 13.3. The van der Waals surface area contributed by atoms with Gasteiger partial charge in [-0.25, -0.2) is 4.39 Å². The smallest absolute Gasteiger partial charge is 0.299 e. The number of carbonyl (C=O) groups excluding carboxylic acids is 1. The second-order valence-electron chi connectivity index (χ2n) is 10.2. The molecule has 1 N–H and O–H groups in total. The van der Waals surface area contributed by atoms with Gasteiger partial charge < -0.3 is 19.9 Å². The lowest BCUT2D eigenvalue weighted by Crippen LogP contribution is -2.47. The summed E-state index contributed by atoms with van der Waals surface area (Å²) >= 11 is 0. The number of amides is 1. The number of anilines is 2. The number of rotatable bonds is 7. The molecule has 1 aliphatic rings. The maximum absolute atomic E-state index is 13.7. The summed E-state index contributed by atoms with van der Waals surface area (Å²) < 4.78 is 20.9. The van der Waals surface area contributed by atoms with Crippen molar-refractivity contribution >= 4 is 17.3 Å². The van der Waals surface area contributed by atoms with Crippen molar-refractivity contribution in [3.05, 3.63) is 106 Å². The van der Waals surface area contributed by atoms with Crippen LogP contribution in [0.15, 0.2) is 83.8 Å². The van der Waals surface area contributed by atoms with E-state index in [1.165, 1.54) is 35.1 Å². The lowest BCUT2D eigenvalue weighted by atomic mass is 10.0. The fourth-order valence-electron chi connectivity index (χ4n) is 4.49. The van der Waals surface area contributed by atoms with Gasteiger partial charge in [-0.15, -0.1) is 0 Å². The van der Waals surface area contributed by atoms with E-state index in [9.17, 15) is 14.0 Å². The minimum atomic E-state index is -0.471. The van der Waals surface area contributed by atoms with Gasteiger partial charge in [-0.3, -0.25) is 9.59 Å². The van der Waals surface area contributed by atoms with Crippen LogP contribution in [0.4, 0.5) is 15.8 Å². The highest BCUT2D eigenvalue weighted by molar-refractivity contribution is 5.94. The fraction of sp³-hybridized carbons (Fsp3) is 0.258. The molecule has 3 aromatic carbocycles. The number of hydrogen-bond donors (Lipinski definition) is 1. The second kappa shape index (κ2) is 11.7. The number of halogens is 1. The van der Waals surface area contributed by atoms with Crippen molar-refractivity contribution < 1.29 is 13.9 Å². The van der Waals surface area contributed by atoms with Gasteiger partial charge in [-0.1, -0.05) is 26.0 Å². The monoisotopic (exact) mass is 541 g/mol. The maximum atomic E-state index is 13.7. The summed E-state index contributed by atoms with van der Waals surface area (Å²) in [5.41, 5.74) is 2.38. The van der Waals surface area contributed by atoms with Crippen LogP contribution in [0, 0.1) is 5.82 Å². The highest BCUT2D eigenvalue weighted by Crippen LogP contribution is 2.30. The standard InChI is InChI=1S/C31H32FN5O3/c1-21(2)23-5-4-6-27(19-23)40-28-20-33-37(26-13-9-24(32)10-14-26)31(39)29(28)34-25-11-7-22(8-12-25)30(38)36-17-15-35(3)16-18-36/h4-14,19-21,34H,15-18H2,1-3H3. The van der Waals surface area contributed by atoms with E-state index in [2.05, 4.69) is 29.2 Å². The number of hydrogen-bond acceptors (Lipinski definition) is 6. The molecular formula is C31H32FN5O3. The third-order valence-electron chi connectivity index (χ3n) is 6.96. The van der Waals surface area contributed by atoms with Crippen LogP contribution in [-0.4, -0.2) is 58.7 Å². The molecule has 1 aromatic heterocycles. The molecule has 0 bridgehead atoms. The van der Waals surface area contributed by atoms with Crippen LogP contribution >= 0.6 is 0 Å². The first kappa shape index (κ1) is 27.1. The number of likely N-dealkylation sites (N-methyl/N-ethyl adjacent to an activating group) is 1. The Morgan fingerprint density at radius 1 is 0.975 bits per heavy atom. The molecule has 1 aliphatic heterocycles. The molecule has 206 valence electrons. The van der Waals surface area contributed by atoms with Gasteiger partial charge in [0, 0.05) is 37.4 Å². The summed E-state index contributed by atoms with van der Waals surface area (Å²) in [7, 11) is 2.05. The summed E-state index contributed by atoms with van der Waals surface area (Å²) in [6.45, 7) is 7.25. The van der Waals surface area contributed by atoms with E-state index < -0.39 is 11.4 Å². The predicted octanol–water partition coefficient (Wildman–Crippen LogP) is 5.42. The zero-order chi connectivity index (χ0) is 28.2. The molecule has 0 radical (unpaired) electrons. The fourth-order valence-corrected chi connectivity index (χ4v) is 4.49. The highest BCUT2D eigenvalue weighted by atomic mass is 19.1. The van der Waals surface area contributed by atoms with Crippen LogP contribution in [-0.2, 0) is 0 Å². The number of nitrogens with zero attached hydrogens (tertiary/aromatic N) is 4. The minimum Gasteiger partial charge on any atom is -0.453 e. The van der Waals surface area contributed by atoms with Crippen molar-refractivity contribution in [2.24, 2.45) is 0 Å². The lowest BCUT2D eigenvalue weighted by molar-refractivity contribution is 0.0664. The number of benzene rings is 3. The van der Waals surface area contributed by atoms with E-state index in [-0.39, 0.29) is 17.3 Å². The van der Waals surface area contributed by atoms with Crippen molar-refractivity contribution in [3.8, 4) is 17.2 Å². The van der Waals surface area contributed by atoms with Crippen molar-refractivity contribution in [2.45, 2.75) is 19.8 Å². The van der Waals surface area contributed by atoms with Crippen LogP contribution in [0.2, 0.25) is 0 Å². The average molecular weight is 542 g/mol. The van der Waals surface area contributed by atoms with E-state index in [1.807, 2.05) is 36.2 Å². The van der Waals surface area contributed by atoms with Gasteiger partial charge in [-0.05, 0) is 79.2 Å². The topological polar surface area (TPSA) is 79.7 Å². The third-order valence-corrected chi connectivity index (χ3v) is 6.96. The molecule has 8 nitrogen and oxygen atoms in total. The summed E-state index contributed by atoms with van der Waals surface area (Å²) in [6.07, 6.45) is 1.46. The Balaban J connectivity index is 1.46. The summed E-state index contributed by atoms with van der Waals surface area (Å²) in [6, 6.07) is 20.2. The molecule has 5 rings (SSSR count). The lowest BCUT2D eigenvalue weighted by Gasteiger charge is -2.32. The Labute approximate surface area is 232 Å². The van der Waals surface area contributed by atoms with Gasteiger partial charge in [0.2, 0.25) is 0 Å². The molecular weight excluding hydrogens is 509 g/mol. The van der Waals surface area contributed by atoms with Gasteiger partial charge >= 0.3 is 0 Å². The molecule has 1 amide bonds. The number of aromatic nitrogens is 2. The molecule has 9 heteroatoms. The number of nitrogens with one attached hydrogen (secondary N) is 1. The Kier molecular flexibility index (Phi) is 7.93. The SMILES string of the molecule is CC(C)c1cccc(Oc2cnn(-c3ccc(F)cc3)c(=O)c2Nc2ccc(C(=O)N3CCN(C)CC3)cc2)c1. The molecule has 2 heterocycles. The first-order valence-corrected chi connectivity index (χ1v) is 13.3. The van der Waals surface area contributed by atoms with Crippen molar-refractivity contribution in [3.63, 3.8) is 0 Å². The summed E-state index contributed by atoms with van der Waals surface area (Å²) in [5.74, 6) is 0.686. The minimum absolute atomic E-state index is 0.0173. The maximum Gasteiger partial charge on any atom is 0.299 e. The van der Waals surface area contributed by atoms with Gasteiger partial charge in [-0.2, -0.15) is 9.78 Å². The van der Waals surface area contributed by atoms with Crippen LogP contribution < -0.4 is 15.6 Å². The van der Waals surface area contributed by atoms with Crippen molar-refractivity contribution in [1.82, 2.24) is 19.6 Å². The first-order chi connectivity index (χ1) is 19.3. The van der Waals surface area contributed by atoms with Gasteiger partial charge in [0.05, 0.1) is 11.9 Å². The largest absolute Gasteiger partial charge is 0.453 e. The van der Waals surface area contributed by atoms with E-state index in [0.717, 1.165) is 18.7 Å². The quantitative estimate of drug-likeness (QED) is 0.337. The zero-order valence-electron chi connectivity index (χ0n) is 22.8. The average Bonchev–Trinajstić information content (AvgIpc) is 2.96. The van der Waals surface area contributed by atoms with Crippen molar-refractivity contribution in [2.75, 3.05) is 38.5 Å². The van der Waals surface area contributed by atoms with Crippen LogP contribution in [0.3, 0.4) is 0 Å². The molecule has 0 aliphatic carbocycles. The molecule has 1 saturated heterocycles. The van der Waals surface area contributed by atoms with E-state index >= 15 is 0 Å². The summed E-state index contributed by atoms with van der Waals surface area (Å²) in [5, 5.41) is 7.46. The van der Waals surface area contributed by atoms with Gasteiger partial charge in [0.1, 0.15) is 11.6 Å². The van der Waals surface area contributed by atoms with Crippen LogP contribution in [0.1, 0.15) is 35.7 Å². The Morgan fingerprint density at radius 2 is 1.68 bits per heavy atom. The molecule has 1 fully saturated rings. The van der Waals surface area contributed by atoms with Gasteiger partial charge in [0.15, 0.2) is 11.4 Å². The molecule has 0 saturated carbocycles. The summed E-state index contributed by atoms with van der Waals surface area (Å²) in [4.78, 5) is 30.7. The number of piperazine rings is 1. The molecule has 4 aromatic rings. The Bertz CT molecular complexity index is 1540. The molecule has 0 atom stereocenters. The molecule has 0 spiro atoms. The Morgan fingerprint density at radius 3 is 2.35 bits per heavy atom. The number of ether oxygens (including phenoxy) is 1. The number of carbonyl (C=O) groups is 1. The normalized spacial score (nSPS) is 13.9. The van der Waals surface area contributed by atoms with Gasteiger partial charge in [0.25, 0.3) is 11.5 Å². The van der Waals surface area contributed by atoms with Crippen molar-refractivity contribution in [1.29, 1.82) is 0 Å². The molecule has 0 unspecified atom stereocenters. The second-order valence-corrected chi connectivity index (χ2v) is 10.2. The van der Waals surface area contributed by atoms with E-state index in [0.29, 0.717) is 41.7 Å². The van der Waals surface area contributed by atoms with Crippen LogP contribution in [0.25, 0.3) is 5.69 Å².